The van der Waals surface area contributed by atoms with Crippen molar-refractivity contribution < 1.29 is 19.1 Å². The second-order valence-electron chi connectivity index (χ2n) is 5.29. The van der Waals surface area contributed by atoms with Crippen molar-refractivity contribution in [3.63, 3.8) is 0 Å². The van der Waals surface area contributed by atoms with Gasteiger partial charge in [-0.25, -0.2) is 9.59 Å². The van der Waals surface area contributed by atoms with Gasteiger partial charge in [0.2, 0.25) is 0 Å². The molecule has 0 saturated carbocycles. The number of carbonyl (C=O) groups excluding carboxylic acids is 2. The molecule has 6 heteroatoms. The average molecular weight is 318 g/mol. The Bertz CT molecular complexity index is 608. The summed E-state index contributed by atoms with van der Waals surface area (Å²) in [7, 11) is 1.54. The minimum atomic E-state index is -0.523. The maximum atomic E-state index is 12.4. The number of aryl methyl sites for hydroxylation is 1. The number of benzene rings is 1. The van der Waals surface area contributed by atoms with E-state index in [2.05, 4.69) is 17.6 Å². The van der Waals surface area contributed by atoms with E-state index < -0.39 is 12.0 Å². The van der Waals surface area contributed by atoms with Crippen molar-refractivity contribution >= 4 is 12.0 Å². The first-order valence-corrected chi connectivity index (χ1v) is 7.60. The molecule has 0 bridgehead atoms. The fourth-order valence-electron chi connectivity index (χ4n) is 2.46. The molecule has 0 saturated heterocycles. The zero-order chi connectivity index (χ0) is 16.8. The number of rotatable bonds is 6. The molecule has 23 heavy (non-hydrogen) atoms. The summed E-state index contributed by atoms with van der Waals surface area (Å²) < 4.78 is 10.1. The third-order valence-corrected chi connectivity index (χ3v) is 3.73. The molecule has 1 heterocycles. The number of hydrogen-bond acceptors (Lipinski definition) is 4. The molecule has 0 spiro atoms. The summed E-state index contributed by atoms with van der Waals surface area (Å²) in [6.07, 6.45) is 0.930. The van der Waals surface area contributed by atoms with E-state index in [9.17, 15) is 9.59 Å². The summed E-state index contributed by atoms with van der Waals surface area (Å²) in [5, 5.41) is 5.40. The van der Waals surface area contributed by atoms with Crippen LogP contribution in [0, 0.1) is 0 Å². The van der Waals surface area contributed by atoms with Gasteiger partial charge in [0, 0.05) is 12.8 Å². The lowest BCUT2D eigenvalue weighted by Crippen LogP contribution is -2.45. The highest BCUT2D eigenvalue weighted by molar-refractivity contribution is 5.95. The number of carbonyl (C=O) groups is 2. The van der Waals surface area contributed by atoms with Gasteiger partial charge in [-0.15, -0.1) is 0 Å². The Hall–Kier alpha value is -2.34. The predicted molar refractivity (Wildman–Crippen MR) is 85.8 cm³/mol. The van der Waals surface area contributed by atoms with Crippen LogP contribution in [0.15, 0.2) is 35.5 Å². The zero-order valence-corrected chi connectivity index (χ0v) is 13.6. The van der Waals surface area contributed by atoms with E-state index in [1.54, 1.807) is 14.0 Å². The maximum absolute atomic E-state index is 12.4. The summed E-state index contributed by atoms with van der Waals surface area (Å²) in [5.74, 6) is -0.461. The summed E-state index contributed by atoms with van der Waals surface area (Å²) in [5.41, 5.74) is 2.94. The number of hydrogen-bond donors (Lipinski definition) is 2. The molecule has 0 aromatic heterocycles. The molecule has 2 N–H and O–H groups in total. The minimum Gasteiger partial charge on any atom is -0.460 e. The van der Waals surface area contributed by atoms with Gasteiger partial charge < -0.3 is 20.1 Å². The first kappa shape index (κ1) is 17.0. The number of esters is 1. The van der Waals surface area contributed by atoms with Crippen LogP contribution in [0.25, 0.3) is 0 Å². The number of methoxy groups -OCH3 is 1. The minimum absolute atomic E-state index is 0.168. The van der Waals surface area contributed by atoms with Crippen LogP contribution in [-0.4, -0.2) is 32.3 Å². The van der Waals surface area contributed by atoms with E-state index in [0.29, 0.717) is 17.9 Å². The van der Waals surface area contributed by atoms with Crippen LogP contribution in [-0.2, 0) is 20.7 Å². The maximum Gasteiger partial charge on any atom is 0.338 e. The predicted octanol–water partition coefficient (Wildman–Crippen LogP) is 2.07. The third-order valence-electron chi connectivity index (χ3n) is 3.73. The third kappa shape index (κ3) is 4.10. The van der Waals surface area contributed by atoms with Gasteiger partial charge in [-0.05, 0) is 24.5 Å². The highest BCUT2D eigenvalue weighted by atomic mass is 16.6. The topological polar surface area (TPSA) is 76.7 Å². The summed E-state index contributed by atoms with van der Waals surface area (Å²) in [6, 6.07) is 6.97. The molecule has 0 radical (unpaired) electrons. The fraction of sp³-hybridized carbons (Fsp3) is 0.412. The van der Waals surface area contributed by atoms with Crippen LogP contribution in [0.2, 0.25) is 0 Å². The lowest BCUT2D eigenvalue weighted by molar-refractivity contribution is -0.140. The van der Waals surface area contributed by atoms with Crippen molar-refractivity contribution in [1.29, 1.82) is 0 Å². The van der Waals surface area contributed by atoms with Gasteiger partial charge in [0.05, 0.1) is 18.2 Å². The van der Waals surface area contributed by atoms with E-state index in [4.69, 9.17) is 9.47 Å². The van der Waals surface area contributed by atoms with Crippen LogP contribution in [0.5, 0.6) is 0 Å². The van der Waals surface area contributed by atoms with E-state index in [1.165, 1.54) is 5.56 Å². The number of allylic oxidation sites excluding steroid dienone is 1. The van der Waals surface area contributed by atoms with Crippen molar-refractivity contribution in [3.05, 3.63) is 46.7 Å². The number of urea groups is 1. The highest BCUT2D eigenvalue weighted by Crippen LogP contribution is 2.27. The lowest BCUT2D eigenvalue weighted by atomic mass is 9.94. The Balaban J connectivity index is 2.27. The van der Waals surface area contributed by atoms with Crippen molar-refractivity contribution in [2.24, 2.45) is 0 Å². The molecule has 2 amide bonds. The Labute approximate surface area is 135 Å². The van der Waals surface area contributed by atoms with Gasteiger partial charge in [-0.3, -0.25) is 0 Å². The molecule has 1 aromatic carbocycles. The van der Waals surface area contributed by atoms with Crippen LogP contribution < -0.4 is 10.6 Å². The van der Waals surface area contributed by atoms with Gasteiger partial charge in [0.1, 0.15) is 6.61 Å². The summed E-state index contributed by atoms with van der Waals surface area (Å²) >= 11 is 0. The number of ether oxygens (including phenoxy) is 2. The SMILES string of the molecule is CCc1ccc([C@H]2NC(=O)NC(C)=C2C(=O)OCCOC)cc1. The number of amides is 2. The molecule has 2 rings (SSSR count). The summed E-state index contributed by atoms with van der Waals surface area (Å²) in [6.45, 7) is 4.26. The molecular formula is C17H22N2O4. The Morgan fingerprint density at radius 2 is 1.91 bits per heavy atom. The van der Waals surface area contributed by atoms with Crippen LogP contribution >= 0.6 is 0 Å². The monoisotopic (exact) mass is 318 g/mol. The quantitative estimate of drug-likeness (QED) is 0.622. The van der Waals surface area contributed by atoms with Crippen LogP contribution in [0.4, 0.5) is 4.79 Å². The lowest BCUT2D eigenvalue weighted by Gasteiger charge is -2.28. The standard InChI is InChI=1S/C17H22N2O4/c1-4-12-5-7-13(8-6-12)15-14(11(2)18-17(21)19-15)16(20)23-10-9-22-3/h5-8,15H,4,9-10H2,1-3H3,(H2,18,19,21)/t15-/m1/s1. The van der Waals surface area contributed by atoms with E-state index in [0.717, 1.165) is 12.0 Å². The van der Waals surface area contributed by atoms with Crippen molar-refractivity contribution in [1.82, 2.24) is 10.6 Å². The van der Waals surface area contributed by atoms with Gasteiger partial charge >= 0.3 is 12.0 Å². The largest absolute Gasteiger partial charge is 0.460 e. The fourth-order valence-corrected chi connectivity index (χ4v) is 2.46. The highest BCUT2D eigenvalue weighted by Gasteiger charge is 2.32. The molecule has 124 valence electrons. The Morgan fingerprint density at radius 1 is 1.22 bits per heavy atom. The molecule has 1 aliphatic heterocycles. The van der Waals surface area contributed by atoms with Crippen LogP contribution in [0.3, 0.4) is 0 Å². The van der Waals surface area contributed by atoms with Gasteiger partial charge in [0.25, 0.3) is 0 Å². The van der Waals surface area contributed by atoms with E-state index in [1.807, 2.05) is 24.3 Å². The average Bonchev–Trinajstić information content (AvgIpc) is 2.54. The van der Waals surface area contributed by atoms with Crippen molar-refractivity contribution in [2.75, 3.05) is 20.3 Å². The van der Waals surface area contributed by atoms with Gasteiger partial charge in [0.15, 0.2) is 0 Å². The van der Waals surface area contributed by atoms with E-state index >= 15 is 0 Å². The Kier molecular flexibility index (Phi) is 5.76. The van der Waals surface area contributed by atoms with Crippen molar-refractivity contribution in [3.8, 4) is 0 Å². The first-order valence-electron chi connectivity index (χ1n) is 7.60. The van der Waals surface area contributed by atoms with Crippen LogP contribution in [0.1, 0.15) is 31.0 Å². The molecule has 6 nitrogen and oxygen atoms in total. The molecule has 1 atom stereocenters. The molecule has 0 unspecified atom stereocenters. The zero-order valence-electron chi connectivity index (χ0n) is 13.6. The smallest absolute Gasteiger partial charge is 0.338 e. The molecular weight excluding hydrogens is 296 g/mol. The Morgan fingerprint density at radius 3 is 2.52 bits per heavy atom. The molecule has 1 aromatic rings. The molecule has 0 aliphatic carbocycles. The summed E-state index contributed by atoms with van der Waals surface area (Å²) in [4.78, 5) is 24.2. The van der Waals surface area contributed by atoms with E-state index in [-0.39, 0.29) is 12.6 Å². The normalized spacial score (nSPS) is 17.5. The second kappa shape index (κ2) is 7.78. The molecule has 1 aliphatic rings. The first-order chi connectivity index (χ1) is 11.1. The van der Waals surface area contributed by atoms with Crippen molar-refractivity contribution in [2.45, 2.75) is 26.3 Å². The number of nitrogens with one attached hydrogen (secondary N) is 2. The molecule has 0 fully saturated rings. The van der Waals surface area contributed by atoms with Gasteiger partial charge in [-0.2, -0.15) is 0 Å². The van der Waals surface area contributed by atoms with Gasteiger partial charge in [-0.1, -0.05) is 31.2 Å². The second-order valence-corrected chi connectivity index (χ2v) is 5.29.